The molecule has 0 spiro atoms. The molecule has 2 atom stereocenters. The van der Waals surface area contributed by atoms with Crippen molar-refractivity contribution in [1.29, 1.82) is 0 Å². The Morgan fingerprint density at radius 1 is 1.60 bits per heavy atom. The Bertz CT molecular complexity index is 188. The molecule has 54 valence electrons. The normalized spacial score (nSPS) is 32.7. The maximum atomic E-state index is 9.08. The molecular formula is C8H10O2. The Morgan fingerprint density at radius 2 is 2.30 bits per heavy atom. The lowest BCUT2D eigenvalue weighted by atomic mass is 9.95. The van der Waals surface area contributed by atoms with E-state index >= 15 is 0 Å². The van der Waals surface area contributed by atoms with Crippen molar-refractivity contribution in [3.63, 3.8) is 0 Å². The second kappa shape index (κ2) is 2.87. The Hall–Kier alpha value is -0.780. The van der Waals surface area contributed by atoms with Gasteiger partial charge in [-0.25, -0.2) is 0 Å². The van der Waals surface area contributed by atoms with Gasteiger partial charge in [0.05, 0.1) is 12.2 Å². The van der Waals surface area contributed by atoms with Crippen LogP contribution < -0.4 is 0 Å². The first-order valence-electron chi connectivity index (χ1n) is 3.26. The third-order valence-electron chi connectivity index (χ3n) is 1.55. The van der Waals surface area contributed by atoms with Gasteiger partial charge in [0.2, 0.25) is 0 Å². The maximum absolute atomic E-state index is 9.08. The fraction of sp³-hybridized carbons (Fsp3) is 0.500. The number of rotatable bonds is 0. The van der Waals surface area contributed by atoms with E-state index < -0.39 is 12.2 Å². The summed E-state index contributed by atoms with van der Waals surface area (Å²) in [5.41, 5.74) is 0.700. The van der Waals surface area contributed by atoms with Crippen molar-refractivity contribution in [2.45, 2.75) is 25.0 Å². The zero-order valence-corrected chi connectivity index (χ0v) is 5.62. The van der Waals surface area contributed by atoms with Crippen LogP contribution in [0.25, 0.3) is 0 Å². The van der Waals surface area contributed by atoms with Gasteiger partial charge >= 0.3 is 0 Å². The van der Waals surface area contributed by atoms with Crippen LogP contribution in [0, 0.1) is 12.3 Å². The van der Waals surface area contributed by atoms with Crippen molar-refractivity contribution in [3.8, 4) is 12.3 Å². The van der Waals surface area contributed by atoms with Crippen LogP contribution in [0.15, 0.2) is 11.6 Å². The van der Waals surface area contributed by atoms with Crippen molar-refractivity contribution >= 4 is 0 Å². The number of terminal acetylenes is 1. The lowest BCUT2D eigenvalue weighted by Gasteiger charge is -2.18. The lowest BCUT2D eigenvalue weighted by Crippen LogP contribution is -2.21. The van der Waals surface area contributed by atoms with E-state index in [1.165, 1.54) is 0 Å². The zero-order valence-electron chi connectivity index (χ0n) is 5.62. The standard InChI is InChI=1S/C8H10O2/c1-2-6-3-7(9)5-8(10)4-6/h1,3,7-10H,4-5H2/t7-,8-/m0/s1. The summed E-state index contributed by atoms with van der Waals surface area (Å²) in [6.45, 7) is 0. The third kappa shape index (κ3) is 1.60. The summed E-state index contributed by atoms with van der Waals surface area (Å²) in [4.78, 5) is 0. The molecule has 0 aromatic heterocycles. The minimum Gasteiger partial charge on any atom is -0.393 e. The molecule has 2 N–H and O–H groups in total. The van der Waals surface area contributed by atoms with E-state index in [0.717, 1.165) is 0 Å². The minimum absolute atomic E-state index is 0.408. The van der Waals surface area contributed by atoms with Gasteiger partial charge in [-0.15, -0.1) is 6.42 Å². The molecule has 1 aliphatic rings. The molecule has 0 fully saturated rings. The van der Waals surface area contributed by atoms with E-state index in [9.17, 15) is 0 Å². The topological polar surface area (TPSA) is 40.5 Å². The molecule has 0 aliphatic heterocycles. The average molecular weight is 138 g/mol. The van der Waals surface area contributed by atoms with Gasteiger partial charge in [-0.05, 0) is 6.08 Å². The second-order valence-corrected chi connectivity index (χ2v) is 2.50. The van der Waals surface area contributed by atoms with E-state index in [1.807, 2.05) is 0 Å². The predicted molar refractivity (Wildman–Crippen MR) is 38.2 cm³/mol. The lowest BCUT2D eigenvalue weighted by molar-refractivity contribution is 0.0953. The van der Waals surface area contributed by atoms with Gasteiger partial charge < -0.3 is 10.2 Å². The van der Waals surface area contributed by atoms with Crippen molar-refractivity contribution < 1.29 is 10.2 Å². The highest BCUT2D eigenvalue weighted by Gasteiger charge is 2.17. The first-order chi connectivity index (χ1) is 4.72. The fourth-order valence-electron chi connectivity index (χ4n) is 1.09. The summed E-state index contributed by atoms with van der Waals surface area (Å²) in [5, 5.41) is 18.1. The monoisotopic (exact) mass is 138 g/mol. The van der Waals surface area contributed by atoms with Crippen LogP contribution >= 0.6 is 0 Å². The van der Waals surface area contributed by atoms with Crippen LogP contribution in [0.1, 0.15) is 12.8 Å². The summed E-state index contributed by atoms with van der Waals surface area (Å²) < 4.78 is 0. The van der Waals surface area contributed by atoms with Crippen LogP contribution in [0.5, 0.6) is 0 Å². The van der Waals surface area contributed by atoms with Gasteiger partial charge in [0, 0.05) is 18.4 Å². The third-order valence-corrected chi connectivity index (χ3v) is 1.55. The van der Waals surface area contributed by atoms with Gasteiger partial charge in [-0.2, -0.15) is 0 Å². The molecule has 1 rings (SSSR count). The van der Waals surface area contributed by atoms with Crippen LogP contribution in [-0.2, 0) is 0 Å². The first kappa shape index (κ1) is 7.33. The highest BCUT2D eigenvalue weighted by atomic mass is 16.3. The molecule has 2 nitrogen and oxygen atoms in total. The van der Waals surface area contributed by atoms with Crippen LogP contribution in [0.2, 0.25) is 0 Å². The quantitative estimate of drug-likeness (QED) is 0.465. The van der Waals surface area contributed by atoms with Crippen molar-refractivity contribution in [2.75, 3.05) is 0 Å². The van der Waals surface area contributed by atoms with Crippen LogP contribution in [0.4, 0.5) is 0 Å². The van der Waals surface area contributed by atoms with E-state index in [1.54, 1.807) is 6.08 Å². The maximum Gasteiger partial charge on any atom is 0.0757 e. The number of aliphatic hydroxyl groups is 2. The summed E-state index contributed by atoms with van der Waals surface area (Å²) >= 11 is 0. The molecule has 0 amide bonds. The van der Waals surface area contributed by atoms with Gasteiger partial charge in [0.1, 0.15) is 0 Å². The largest absolute Gasteiger partial charge is 0.393 e. The Balaban J connectivity index is 2.68. The molecule has 0 saturated heterocycles. The average Bonchev–Trinajstić information content (AvgIpc) is 1.85. The molecule has 0 aromatic carbocycles. The minimum atomic E-state index is -0.560. The van der Waals surface area contributed by atoms with Gasteiger partial charge in [-0.1, -0.05) is 5.92 Å². The van der Waals surface area contributed by atoms with E-state index in [-0.39, 0.29) is 0 Å². The molecule has 0 aromatic rings. The number of aliphatic hydroxyl groups excluding tert-OH is 2. The molecular weight excluding hydrogens is 128 g/mol. The van der Waals surface area contributed by atoms with Crippen molar-refractivity contribution in [3.05, 3.63) is 11.6 Å². The van der Waals surface area contributed by atoms with Crippen LogP contribution in [-0.4, -0.2) is 22.4 Å². The summed E-state index contributed by atoms with van der Waals surface area (Å²) in [5.74, 6) is 2.41. The SMILES string of the molecule is C#CC1=C[C@H](O)C[C@@H](O)C1. The van der Waals surface area contributed by atoms with E-state index in [0.29, 0.717) is 18.4 Å². The smallest absolute Gasteiger partial charge is 0.0757 e. The Morgan fingerprint density at radius 3 is 2.80 bits per heavy atom. The van der Waals surface area contributed by atoms with Gasteiger partial charge in [0.15, 0.2) is 0 Å². The van der Waals surface area contributed by atoms with Crippen molar-refractivity contribution in [2.24, 2.45) is 0 Å². The summed E-state index contributed by atoms with van der Waals surface area (Å²) in [6, 6.07) is 0. The van der Waals surface area contributed by atoms with Gasteiger partial charge in [-0.3, -0.25) is 0 Å². The molecule has 0 heterocycles. The van der Waals surface area contributed by atoms with Crippen molar-refractivity contribution in [1.82, 2.24) is 0 Å². The van der Waals surface area contributed by atoms with E-state index in [2.05, 4.69) is 5.92 Å². The summed E-state index contributed by atoms with van der Waals surface area (Å²) in [6.07, 6.45) is 6.59. The Kier molecular flexibility index (Phi) is 2.10. The highest BCUT2D eigenvalue weighted by molar-refractivity contribution is 5.28. The van der Waals surface area contributed by atoms with E-state index in [4.69, 9.17) is 16.6 Å². The molecule has 2 heteroatoms. The predicted octanol–water partition coefficient (Wildman–Crippen LogP) is 0.0616. The van der Waals surface area contributed by atoms with Crippen LogP contribution in [0.3, 0.4) is 0 Å². The number of hydrogen-bond donors (Lipinski definition) is 2. The zero-order chi connectivity index (χ0) is 7.56. The van der Waals surface area contributed by atoms with Gasteiger partial charge in [0.25, 0.3) is 0 Å². The molecule has 1 aliphatic carbocycles. The molecule has 10 heavy (non-hydrogen) atoms. The Labute approximate surface area is 60.2 Å². The highest BCUT2D eigenvalue weighted by Crippen LogP contribution is 2.17. The molecule has 0 radical (unpaired) electrons. The molecule has 0 saturated carbocycles. The summed E-state index contributed by atoms with van der Waals surface area (Å²) in [7, 11) is 0. The number of hydrogen-bond acceptors (Lipinski definition) is 2. The second-order valence-electron chi connectivity index (χ2n) is 2.50. The first-order valence-corrected chi connectivity index (χ1v) is 3.26. The molecule has 0 bridgehead atoms. The fourth-order valence-corrected chi connectivity index (χ4v) is 1.09. The molecule has 0 unspecified atom stereocenters.